The number of rotatable bonds is 5. The second kappa shape index (κ2) is 8.66. The first-order chi connectivity index (χ1) is 10.9. The monoisotopic (exact) mass is 383 g/mol. The number of nitrogens with one attached hydrogen (secondary N) is 2. The summed E-state index contributed by atoms with van der Waals surface area (Å²) in [6.45, 7) is 9.80. The molecule has 1 fully saturated rings. The maximum atomic E-state index is 11.9. The van der Waals surface area contributed by atoms with Crippen molar-refractivity contribution >= 4 is 27.6 Å². The highest BCUT2D eigenvalue weighted by atomic mass is 79.9. The number of hydrogen-bond acceptors (Lipinski definition) is 3. The summed E-state index contributed by atoms with van der Waals surface area (Å²) in [7, 11) is 0. The van der Waals surface area contributed by atoms with Gasteiger partial charge in [0.25, 0.3) is 0 Å². The molecular formula is C17H26BrN3O2. The lowest BCUT2D eigenvalue weighted by Gasteiger charge is -2.35. The normalized spacial score (nSPS) is 21.9. The molecule has 5 nitrogen and oxygen atoms in total. The van der Waals surface area contributed by atoms with E-state index >= 15 is 0 Å². The predicted octanol–water partition coefficient (Wildman–Crippen LogP) is 3.38. The highest BCUT2D eigenvalue weighted by Crippen LogP contribution is 2.20. The van der Waals surface area contributed by atoms with Gasteiger partial charge in [0.2, 0.25) is 0 Å². The molecule has 1 aromatic carbocycles. The van der Waals surface area contributed by atoms with Crippen molar-refractivity contribution in [1.82, 2.24) is 10.2 Å². The molecule has 128 valence electrons. The zero-order valence-corrected chi connectivity index (χ0v) is 15.6. The Kier molecular flexibility index (Phi) is 6.87. The molecule has 0 saturated carbocycles. The molecule has 2 unspecified atom stereocenters. The van der Waals surface area contributed by atoms with Crippen molar-refractivity contribution in [2.24, 2.45) is 0 Å². The molecule has 0 aromatic heterocycles. The van der Waals surface area contributed by atoms with Crippen LogP contribution >= 0.6 is 15.9 Å². The van der Waals surface area contributed by atoms with Gasteiger partial charge < -0.3 is 15.4 Å². The number of amides is 2. The molecule has 2 N–H and O–H groups in total. The Bertz CT molecular complexity index is 529. The second-order valence-corrected chi connectivity index (χ2v) is 7.07. The van der Waals surface area contributed by atoms with Crippen LogP contribution in [0.3, 0.4) is 0 Å². The zero-order chi connectivity index (χ0) is 16.8. The van der Waals surface area contributed by atoms with E-state index in [2.05, 4.69) is 45.3 Å². The number of morpholine rings is 1. The Morgan fingerprint density at radius 1 is 1.35 bits per heavy atom. The summed E-state index contributed by atoms with van der Waals surface area (Å²) in [5.74, 6) is 0. The van der Waals surface area contributed by atoms with Gasteiger partial charge in [0.1, 0.15) is 0 Å². The van der Waals surface area contributed by atoms with E-state index in [4.69, 9.17) is 4.74 Å². The van der Waals surface area contributed by atoms with E-state index in [1.807, 2.05) is 25.1 Å². The van der Waals surface area contributed by atoms with Crippen LogP contribution in [0.25, 0.3) is 0 Å². The zero-order valence-electron chi connectivity index (χ0n) is 14.1. The fraction of sp³-hybridized carbons (Fsp3) is 0.588. The van der Waals surface area contributed by atoms with Crippen LogP contribution in [-0.2, 0) is 4.74 Å². The molecule has 0 spiro atoms. The molecular weight excluding hydrogens is 358 g/mol. The van der Waals surface area contributed by atoms with Crippen LogP contribution in [0.2, 0.25) is 0 Å². The number of halogens is 1. The molecule has 2 amide bonds. The molecule has 1 heterocycles. The highest BCUT2D eigenvalue weighted by molar-refractivity contribution is 9.10. The maximum Gasteiger partial charge on any atom is 0.319 e. The van der Waals surface area contributed by atoms with E-state index in [9.17, 15) is 4.79 Å². The number of carbonyl (C=O) groups excluding carboxylic acids is 1. The van der Waals surface area contributed by atoms with E-state index < -0.39 is 0 Å². The van der Waals surface area contributed by atoms with Crippen molar-refractivity contribution in [2.45, 2.75) is 39.4 Å². The van der Waals surface area contributed by atoms with Crippen LogP contribution in [0.1, 0.15) is 25.8 Å². The van der Waals surface area contributed by atoms with E-state index in [-0.39, 0.29) is 18.2 Å². The van der Waals surface area contributed by atoms with Gasteiger partial charge in [-0.25, -0.2) is 4.79 Å². The SMILES string of the molecule is Cc1ccc(NC(=O)NCCCN2CC(C)OC(C)C2)cc1Br. The summed E-state index contributed by atoms with van der Waals surface area (Å²) in [5.41, 5.74) is 1.93. The van der Waals surface area contributed by atoms with Gasteiger partial charge in [0.05, 0.1) is 12.2 Å². The number of aryl methyl sites for hydroxylation is 1. The van der Waals surface area contributed by atoms with Crippen LogP contribution < -0.4 is 10.6 Å². The second-order valence-electron chi connectivity index (χ2n) is 6.22. The summed E-state index contributed by atoms with van der Waals surface area (Å²) in [4.78, 5) is 14.3. The number of carbonyl (C=O) groups is 1. The Balaban J connectivity index is 1.65. The molecule has 6 heteroatoms. The summed E-state index contributed by atoms with van der Waals surface area (Å²) in [5, 5.41) is 5.75. The molecule has 1 aromatic rings. The van der Waals surface area contributed by atoms with Gasteiger partial charge in [-0.1, -0.05) is 22.0 Å². The first-order valence-corrected chi connectivity index (χ1v) is 8.92. The van der Waals surface area contributed by atoms with Gasteiger partial charge in [0, 0.05) is 36.3 Å². The van der Waals surface area contributed by atoms with Gasteiger partial charge in [0.15, 0.2) is 0 Å². The van der Waals surface area contributed by atoms with Gasteiger partial charge in [-0.3, -0.25) is 4.90 Å². The first kappa shape index (κ1) is 18.2. The third kappa shape index (κ3) is 6.12. The van der Waals surface area contributed by atoms with Crippen LogP contribution in [0.5, 0.6) is 0 Å². The molecule has 0 radical (unpaired) electrons. The lowest BCUT2D eigenvalue weighted by atomic mass is 10.2. The number of urea groups is 1. The molecule has 0 aliphatic carbocycles. The molecule has 2 rings (SSSR count). The molecule has 1 saturated heterocycles. The largest absolute Gasteiger partial charge is 0.373 e. The van der Waals surface area contributed by atoms with Crippen molar-refractivity contribution in [1.29, 1.82) is 0 Å². The predicted molar refractivity (Wildman–Crippen MR) is 97.0 cm³/mol. The van der Waals surface area contributed by atoms with Crippen LogP contribution in [0, 0.1) is 6.92 Å². The van der Waals surface area contributed by atoms with Crippen molar-refractivity contribution in [2.75, 3.05) is 31.5 Å². The van der Waals surface area contributed by atoms with Gasteiger partial charge in [-0.15, -0.1) is 0 Å². The summed E-state index contributed by atoms with van der Waals surface area (Å²) in [6.07, 6.45) is 1.51. The Morgan fingerprint density at radius 2 is 2.04 bits per heavy atom. The fourth-order valence-corrected chi connectivity index (χ4v) is 3.20. The van der Waals surface area contributed by atoms with E-state index in [0.717, 1.165) is 41.8 Å². The topological polar surface area (TPSA) is 53.6 Å². The molecule has 2 atom stereocenters. The average molecular weight is 384 g/mol. The minimum atomic E-state index is -0.163. The third-order valence-electron chi connectivity index (χ3n) is 3.86. The number of anilines is 1. The number of benzene rings is 1. The van der Waals surface area contributed by atoms with Crippen molar-refractivity contribution in [3.63, 3.8) is 0 Å². The van der Waals surface area contributed by atoms with Crippen LogP contribution in [-0.4, -0.2) is 49.3 Å². The lowest BCUT2D eigenvalue weighted by Crippen LogP contribution is -2.46. The van der Waals surface area contributed by atoms with E-state index in [1.165, 1.54) is 0 Å². The first-order valence-electron chi connectivity index (χ1n) is 8.13. The highest BCUT2D eigenvalue weighted by Gasteiger charge is 2.21. The molecule has 1 aliphatic rings. The summed E-state index contributed by atoms with van der Waals surface area (Å²) in [6, 6.07) is 5.62. The number of hydrogen-bond donors (Lipinski definition) is 2. The smallest absolute Gasteiger partial charge is 0.319 e. The Morgan fingerprint density at radius 3 is 2.70 bits per heavy atom. The van der Waals surface area contributed by atoms with Crippen molar-refractivity contribution in [3.05, 3.63) is 28.2 Å². The van der Waals surface area contributed by atoms with Crippen molar-refractivity contribution < 1.29 is 9.53 Å². The number of nitrogens with zero attached hydrogens (tertiary/aromatic N) is 1. The van der Waals surface area contributed by atoms with Gasteiger partial charge in [-0.2, -0.15) is 0 Å². The third-order valence-corrected chi connectivity index (χ3v) is 4.72. The quantitative estimate of drug-likeness (QED) is 0.766. The summed E-state index contributed by atoms with van der Waals surface area (Å²) >= 11 is 3.47. The standard InChI is InChI=1S/C17H26BrN3O2/c1-12-5-6-15(9-16(12)18)20-17(22)19-7-4-8-21-10-13(2)23-14(3)11-21/h5-6,9,13-14H,4,7-8,10-11H2,1-3H3,(H2,19,20,22). The van der Waals surface area contributed by atoms with Crippen LogP contribution in [0.15, 0.2) is 22.7 Å². The Labute approximate surface area is 146 Å². The number of ether oxygens (including phenoxy) is 1. The average Bonchev–Trinajstić information content (AvgIpc) is 2.46. The minimum Gasteiger partial charge on any atom is -0.373 e. The fourth-order valence-electron chi connectivity index (χ4n) is 2.82. The maximum absolute atomic E-state index is 11.9. The minimum absolute atomic E-state index is 0.163. The molecule has 23 heavy (non-hydrogen) atoms. The van der Waals surface area contributed by atoms with Gasteiger partial charge in [-0.05, 0) is 44.9 Å². The summed E-state index contributed by atoms with van der Waals surface area (Å²) < 4.78 is 6.71. The molecule has 1 aliphatic heterocycles. The van der Waals surface area contributed by atoms with Gasteiger partial charge >= 0.3 is 6.03 Å². The van der Waals surface area contributed by atoms with E-state index in [0.29, 0.717) is 6.54 Å². The Hall–Kier alpha value is -1.11. The lowest BCUT2D eigenvalue weighted by molar-refractivity contribution is -0.0679. The van der Waals surface area contributed by atoms with E-state index in [1.54, 1.807) is 0 Å². The van der Waals surface area contributed by atoms with Crippen molar-refractivity contribution in [3.8, 4) is 0 Å². The molecule has 0 bridgehead atoms. The van der Waals surface area contributed by atoms with Crippen LogP contribution in [0.4, 0.5) is 10.5 Å².